The Balaban J connectivity index is 0. The van der Waals surface area contributed by atoms with E-state index in [1.807, 2.05) is 13.8 Å². The number of rotatable bonds is 10. The van der Waals surface area contributed by atoms with Crippen molar-refractivity contribution in [3.8, 4) is 0 Å². The fourth-order valence-corrected chi connectivity index (χ4v) is 1.29. The van der Waals surface area contributed by atoms with Crippen molar-refractivity contribution in [3.05, 3.63) is 0 Å². The van der Waals surface area contributed by atoms with Gasteiger partial charge >= 0.3 is 45.4 Å². The van der Waals surface area contributed by atoms with Crippen LogP contribution in [0.4, 0.5) is 0 Å². The van der Waals surface area contributed by atoms with Gasteiger partial charge in [-0.1, -0.05) is 0 Å². The van der Waals surface area contributed by atoms with E-state index in [-0.39, 0.29) is 29.6 Å². The fourth-order valence-electron chi connectivity index (χ4n) is 0.701. The third-order valence-electron chi connectivity index (χ3n) is 1.32. The van der Waals surface area contributed by atoms with Crippen LogP contribution in [0.1, 0.15) is 13.8 Å². The first kappa shape index (κ1) is 17.8. The van der Waals surface area contributed by atoms with Gasteiger partial charge in [-0.2, -0.15) is 0 Å². The third-order valence-corrected chi connectivity index (χ3v) is 2.23. The summed E-state index contributed by atoms with van der Waals surface area (Å²) in [6, 6.07) is 0. The second kappa shape index (κ2) is 16.8. The Labute approximate surface area is 115 Å². The van der Waals surface area contributed by atoms with Crippen molar-refractivity contribution in [2.24, 2.45) is 0 Å². The maximum absolute atomic E-state index is 5.25. The molecule has 0 atom stereocenters. The molecule has 0 radical (unpaired) electrons. The van der Waals surface area contributed by atoms with Crippen LogP contribution in [0.5, 0.6) is 0 Å². The van der Waals surface area contributed by atoms with Crippen LogP contribution in [0, 0.1) is 0 Å². The molecule has 0 amide bonds. The average molecular weight is 230 g/mol. The van der Waals surface area contributed by atoms with Crippen LogP contribution in [-0.4, -0.2) is 85.1 Å². The molecule has 0 saturated heterocycles. The second-order valence-corrected chi connectivity index (χ2v) is 3.38. The molecule has 4 nitrogen and oxygen atoms in total. The van der Waals surface area contributed by atoms with Gasteiger partial charge in [0, 0.05) is 26.4 Å². The van der Waals surface area contributed by atoms with E-state index in [0.29, 0.717) is 26.4 Å². The molecule has 0 heterocycles. The Kier molecular flexibility index (Phi) is 21.3. The summed E-state index contributed by atoms with van der Waals surface area (Å²) in [5, 5.41) is 0. The van der Waals surface area contributed by atoms with E-state index in [1.54, 1.807) is 0 Å². The summed E-state index contributed by atoms with van der Waals surface area (Å²) in [5.74, 6) is 0. The van der Waals surface area contributed by atoms with E-state index >= 15 is 0 Å². The van der Waals surface area contributed by atoms with E-state index in [9.17, 15) is 0 Å². The molecule has 0 bridgehead atoms. The van der Waals surface area contributed by atoms with Crippen LogP contribution in [0.3, 0.4) is 0 Å². The first-order valence-corrected chi connectivity index (χ1v) is 5.88. The molecule has 0 spiro atoms. The molecule has 0 aromatic carbocycles. The monoisotopic (exact) mass is 230 g/mol. The van der Waals surface area contributed by atoms with Crippen molar-refractivity contribution in [3.63, 3.8) is 0 Å². The summed E-state index contributed by atoms with van der Waals surface area (Å²) in [5.41, 5.74) is 0. The molecular weight excluding hydrogens is 210 g/mol. The van der Waals surface area contributed by atoms with E-state index in [2.05, 4.69) is 0 Å². The summed E-state index contributed by atoms with van der Waals surface area (Å²) in [4.78, 5) is 0. The van der Waals surface area contributed by atoms with Gasteiger partial charge in [0.15, 0.2) is 0 Å². The molecule has 0 unspecified atom stereocenters. The van der Waals surface area contributed by atoms with Gasteiger partial charge in [0.05, 0.1) is 13.2 Å². The van der Waals surface area contributed by atoms with Crippen molar-refractivity contribution in [2.75, 3.05) is 39.6 Å². The standard InChI is InChI=1S/2C4H9O2.Al.Na.2H/c2*1-2-6-4-3-5;;;;/h2*2-4H2,1H3;;;;/q2*-1;+2;;;. The van der Waals surface area contributed by atoms with Gasteiger partial charge in [-0.15, -0.1) is 0 Å². The van der Waals surface area contributed by atoms with Crippen molar-refractivity contribution >= 4 is 45.4 Å². The summed E-state index contributed by atoms with van der Waals surface area (Å²) < 4.78 is 20.7. The Bertz CT molecular complexity index is 87.4. The number of ether oxygens (including phenoxy) is 2. The van der Waals surface area contributed by atoms with Crippen LogP contribution < -0.4 is 0 Å². The van der Waals surface area contributed by atoms with Gasteiger partial charge in [0.25, 0.3) is 0 Å². The van der Waals surface area contributed by atoms with Crippen LogP contribution in [-0.2, 0) is 17.1 Å². The van der Waals surface area contributed by atoms with E-state index < -0.39 is 15.9 Å². The molecule has 0 aromatic heterocycles. The molecule has 0 saturated carbocycles. The van der Waals surface area contributed by atoms with E-state index in [4.69, 9.17) is 17.1 Å². The van der Waals surface area contributed by atoms with Gasteiger partial charge < -0.3 is 17.1 Å². The van der Waals surface area contributed by atoms with Crippen molar-refractivity contribution in [2.45, 2.75) is 13.8 Å². The molecule has 0 rings (SSSR count). The van der Waals surface area contributed by atoms with Crippen LogP contribution in [0.25, 0.3) is 0 Å². The fraction of sp³-hybridized carbons (Fsp3) is 1.00. The molecule has 14 heavy (non-hydrogen) atoms. The van der Waals surface area contributed by atoms with Crippen molar-refractivity contribution < 1.29 is 17.1 Å². The van der Waals surface area contributed by atoms with Crippen LogP contribution in [0.15, 0.2) is 0 Å². The molecule has 0 aliphatic rings. The number of hydrogen-bond donors (Lipinski definition) is 0. The number of hydrogen-bond acceptors (Lipinski definition) is 4. The van der Waals surface area contributed by atoms with Gasteiger partial charge in [0.1, 0.15) is 0 Å². The molecule has 80 valence electrons. The van der Waals surface area contributed by atoms with Gasteiger partial charge in [-0.3, -0.25) is 0 Å². The summed E-state index contributed by atoms with van der Waals surface area (Å²) in [7, 11) is 0. The Morgan fingerprint density at radius 3 is 1.57 bits per heavy atom. The third kappa shape index (κ3) is 15.8. The van der Waals surface area contributed by atoms with Crippen molar-refractivity contribution in [1.82, 2.24) is 0 Å². The quantitative estimate of drug-likeness (QED) is 0.382. The minimum atomic E-state index is -0.805. The minimum absolute atomic E-state index is 0. The van der Waals surface area contributed by atoms with Crippen LogP contribution >= 0.6 is 0 Å². The SMILES string of the molecule is CCOCC[O][AlH][O]CCOCC.[NaH]. The first-order valence-electron chi connectivity index (χ1n) is 4.72. The zero-order valence-corrected chi connectivity index (χ0v) is 10.00. The topological polar surface area (TPSA) is 36.9 Å². The van der Waals surface area contributed by atoms with Gasteiger partial charge in [0.2, 0.25) is 0 Å². The first-order chi connectivity index (χ1) is 6.41. The second-order valence-electron chi connectivity index (χ2n) is 2.33. The molecular formula is C8H20AlNaO4. The molecule has 0 aromatic rings. The zero-order valence-electron chi connectivity index (χ0n) is 8.58. The maximum atomic E-state index is 5.25. The van der Waals surface area contributed by atoms with Crippen LogP contribution in [0.2, 0.25) is 0 Å². The molecule has 0 N–H and O–H groups in total. The average Bonchev–Trinajstić information content (AvgIpc) is 2.16. The predicted molar refractivity (Wildman–Crippen MR) is 59.2 cm³/mol. The Morgan fingerprint density at radius 1 is 0.786 bits per heavy atom. The molecule has 0 fully saturated rings. The normalized spacial score (nSPS) is 9.57. The molecule has 6 heteroatoms. The Morgan fingerprint density at radius 2 is 1.21 bits per heavy atom. The summed E-state index contributed by atoms with van der Waals surface area (Å²) in [6.07, 6.45) is 0. The molecule has 0 aliphatic heterocycles. The van der Waals surface area contributed by atoms with Gasteiger partial charge in [-0.25, -0.2) is 0 Å². The van der Waals surface area contributed by atoms with Crippen molar-refractivity contribution in [1.29, 1.82) is 0 Å². The summed E-state index contributed by atoms with van der Waals surface area (Å²) in [6.45, 7) is 8.05. The summed E-state index contributed by atoms with van der Waals surface area (Å²) >= 11 is -0.805. The zero-order chi connectivity index (χ0) is 9.78. The predicted octanol–water partition coefficient (Wildman–Crippen LogP) is -0.289. The Hall–Kier alpha value is 1.37. The van der Waals surface area contributed by atoms with E-state index in [0.717, 1.165) is 13.2 Å². The van der Waals surface area contributed by atoms with E-state index in [1.165, 1.54) is 0 Å². The van der Waals surface area contributed by atoms with Gasteiger partial charge in [-0.05, 0) is 13.8 Å². The molecule has 0 aliphatic carbocycles.